The minimum atomic E-state index is -1.15. The normalized spacial score (nSPS) is 16.4. The first kappa shape index (κ1) is 14.7. The van der Waals surface area contributed by atoms with Crippen molar-refractivity contribution in [3.8, 4) is 0 Å². The summed E-state index contributed by atoms with van der Waals surface area (Å²) in [7, 11) is -1.15. The molecule has 0 bridgehead atoms. The van der Waals surface area contributed by atoms with Crippen LogP contribution in [0.25, 0.3) is 0 Å². The van der Waals surface area contributed by atoms with Crippen LogP contribution in [0.5, 0.6) is 0 Å². The molecule has 2 aromatic carbocycles. The molecule has 0 N–H and O–H groups in total. The van der Waals surface area contributed by atoms with Crippen molar-refractivity contribution in [1.29, 1.82) is 0 Å². The topological polar surface area (TPSA) is 34.1 Å². The zero-order valence-electron chi connectivity index (χ0n) is 12.0. The van der Waals surface area contributed by atoms with Crippen molar-refractivity contribution in [1.82, 2.24) is 0 Å². The molecule has 0 saturated carbocycles. The van der Waals surface area contributed by atoms with Crippen molar-refractivity contribution >= 4 is 16.6 Å². The third-order valence-corrected chi connectivity index (χ3v) is 4.58. The summed E-state index contributed by atoms with van der Waals surface area (Å²) in [5, 5.41) is 0. The summed E-state index contributed by atoms with van der Waals surface area (Å²) in [5.74, 6) is 0.393. The van der Waals surface area contributed by atoms with E-state index in [0.29, 0.717) is 21.8 Å². The van der Waals surface area contributed by atoms with Gasteiger partial charge in [-0.05, 0) is 30.2 Å². The van der Waals surface area contributed by atoms with Crippen LogP contribution in [-0.2, 0) is 16.6 Å². The van der Waals surface area contributed by atoms with E-state index < -0.39 is 10.8 Å². The van der Waals surface area contributed by atoms with Crippen LogP contribution in [0.1, 0.15) is 40.9 Å². The number of hydrogen-bond acceptors (Lipinski definition) is 2. The molecular formula is C17H18O2S. The molecule has 1 heterocycles. The van der Waals surface area contributed by atoms with Crippen molar-refractivity contribution in [2.24, 2.45) is 0 Å². The Morgan fingerprint density at radius 2 is 1.70 bits per heavy atom. The van der Waals surface area contributed by atoms with Crippen LogP contribution >= 0.6 is 0 Å². The van der Waals surface area contributed by atoms with E-state index in [9.17, 15) is 9.00 Å². The zero-order chi connectivity index (χ0) is 14.7. The standard InChI is InChI=1S/C15H12O2S.C2H6/c1-10-6-7-13-14(8-10)18(17)9-11-4-2-3-5-12(11)15(13)16;1-2/h2-8H,9H2,1H3;1-2H3. The van der Waals surface area contributed by atoms with Crippen LogP contribution < -0.4 is 0 Å². The molecule has 0 fully saturated rings. The van der Waals surface area contributed by atoms with Crippen molar-refractivity contribution in [2.45, 2.75) is 31.4 Å². The van der Waals surface area contributed by atoms with Gasteiger partial charge in [0.05, 0.1) is 21.4 Å². The molecule has 0 aliphatic carbocycles. The summed E-state index contributed by atoms with van der Waals surface area (Å²) >= 11 is 0. The van der Waals surface area contributed by atoms with E-state index in [2.05, 4.69) is 0 Å². The first-order valence-electron chi connectivity index (χ1n) is 6.78. The third kappa shape index (κ3) is 2.59. The molecule has 2 nitrogen and oxygen atoms in total. The Labute approximate surface area is 122 Å². The first-order chi connectivity index (χ1) is 9.66. The summed E-state index contributed by atoms with van der Waals surface area (Å²) in [6.45, 7) is 5.94. The molecule has 1 unspecified atom stereocenters. The van der Waals surface area contributed by atoms with Crippen LogP contribution in [0.3, 0.4) is 0 Å². The molecular weight excluding hydrogens is 268 g/mol. The van der Waals surface area contributed by atoms with E-state index in [1.807, 2.05) is 57.2 Å². The Balaban J connectivity index is 0.000000704. The maximum absolute atomic E-state index is 12.5. The van der Waals surface area contributed by atoms with Gasteiger partial charge < -0.3 is 0 Å². The van der Waals surface area contributed by atoms with Gasteiger partial charge in [0.2, 0.25) is 0 Å². The zero-order valence-corrected chi connectivity index (χ0v) is 12.8. The average Bonchev–Trinajstić information content (AvgIpc) is 2.58. The molecule has 0 saturated heterocycles. The Hall–Kier alpha value is -1.74. The number of hydrogen-bond donors (Lipinski definition) is 0. The number of ketones is 1. The number of carbonyl (C=O) groups is 1. The second kappa shape index (κ2) is 6.14. The molecule has 3 rings (SSSR count). The van der Waals surface area contributed by atoms with Gasteiger partial charge in [0, 0.05) is 11.1 Å². The molecule has 20 heavy (non-hydrogen) atoms. The summed E-state index contributed by atoms with van der Waals surface area (Å²) in [6.07, 6.45) is 0. The van der Waals surface area contributed by atoms with Gasteiger partial charge in [-0.3, -0.25) is 9.00 Å². The Morgan fingerprint density at radius 3 is 2.45 bits per heavy atom. The maximum Gasteiger partial charge on any atom is 0.194 e. The SMILES string of the molecule is CC.Cc1ccc2c(c1)S(=O)Cc1ccccc1C2=O. The number of rotatable bonds is 0. The minimum absolute atomic E-state index is 0.0218. The average molecular weight is 286 g/mol. The lowest BCUT2D eigenvalue weighted by atomic mass is 9.99. The Morgan fingerprint density at radius 1 is 1.00 bits per heavy atom. The van der Waals surface area contributed by atoms with Gasteiger partial charge in [-0.25, -0.2) is 0 Å². The highest BCUT2D eigenvalue weighted by atomic mass is 32.2. The number of carbonyl (C=O) groups excluding carboxylic acids is 1. The fraction of sp³-hybridized carbons (Fsp3) is 0.235. The van der Waals surface area contributed by atoms with Crippen molar-refractivity contribution in [3.63, 3.8) is 0 Å². The highest BCUT2D eigenvalue weighted by Crippen LogP contribution is 2.27. The molecule has 104 valence electrons. The van der Waals surface area contributed by atoms with Gasteiger partial charge in [-0.2, -0.15) is 0 Å². The van der Waals surface area contributed by atoms with Gasteiger partial charge in [-0.15, -0.1) is 0 Å². The van der Waals surface area contributed by atoms with E-state index in [1.54, 1.807) is 6.07 Å². The number of benzene rings is 2. The second-order valence-corrected chi connectivity index (χ2v) is 5.90. The lowest BCUT2D eigenvalue weighted by Gasteiger charge is -2.04. The van der Waals surface area contributed by atoms with Crippen LogP contribution in [-0.4, -0.2) is 9.99 Å². The predicted octanol–water partition coefficient (Wildman–Crippen LogP) is 3.87. The molecule has 2 aromatic rings. The summed E-state index contributed by atoms with van der Waals surface area (Å²) < 4.78 is 12.3. The molecule has 1 aliphatic heterocycles. The van der Waals surface area contributed by atoms with Gasteiger partial charge in [0.1, 0.15) is 0 Å². The molecule has 0 aromatic heterocycles. The van der Waals surface area contributed by atoms with Gasteiger partial charge in [-0.1, -0.05) is 44.2 Å². The smallest absolute Gasteiger partial charge is 0.194 e. The molecule has 1 aliphatic rings. The molecule has 1 atom stereocenters. The fourth-order valence-electron chi connectivity index (χ4n) is 2.24. The molecule has 3 heteroatoms. The molecule has 0 amide bonds. The maximum atomic E-state index is 12.5. The van der Waals surface area contributed by atoms with E-state index in [4.69, 9.17) is 0 Å². The fourth-order valence-corrected chi connectivity index (χ4v) is 3.65. The Kier molecular flexibility index (Phi) is 4.50. The number of aryl methyl sites for hydroxylation is 1. The van der Waals surface area contributed by atoms with Crippen molar-refractivity contribution in [3.05, 3.63) is 64.7 Å². The first-order valence-corrected chi connectivity index (χ1v) is 8.10. The summed E-state index contributed by atoms with van der Waals surface area (Å²) in [4.78, 5) is 13.1. The quantitative estimate of drug-likeness (QED) is 0.736. The van der Waals surface area contributed by atoms with Crippen LogP contribution in [0.2, 0.25) is 0 Å². The van der Waals surface area contributed by atoms with Crippen LogP contribution in [0.15, 0.2) is 47.4 Å². The predicted molar refractivity (Wildman–Crippen MR) is 82.5 cm³/mol. The largest absolute Gasteiger partial charge is 0.289 e. The summed E-state index contributed by atoms with van der Waals surface area (Å²) in [5.41, 5.74) is 3.15. The van der Waals surface area contributed by atoms with E-state index in [0.717, 1.165) is 11.1 Å². The van der Waals surface area contributed by atoms with E-state index in [1.165, 1.54) is 0 Å². The molecule has 0 spiro atoms. The lowest BCUT2D eigenvalue weighted by Crippen LogP contribution is -2.03. The highest BCUT2D eigenvalue weighted by molar-refractivity contribution is 7.84. The van der Waals surface area contributed by atoms with Crippen LogP contribution in [0, 0.1) is 6.92 Å². The highest BCUT2D eigenvalue weighted by Gasteiger charge is 2.24. The van der Waals surface area contributed by atoms with E-state index >= 15 is 0 Å². The summed E-state index contributed by atoms with van der Waals surface area (Å²) in [6, 6.07) is 12.9. The number of fused-ring (bicyclic) bond motifs is 2. The van der Waals surface area contributed by atoms with Crippen molar-refractivity contribution in [2.75, 3.05) is 0 Å². The third-order valence-electron chi connectivity index (χ3n) is 3.18. The monoisotopic (exact) mass is 286 g/mol. The van der Waals surface area contributed by atoms with E-state index in [-0.39, 0.29) is 5.78 Å². The van der Waals surface area contributed by atoms with Crippen LogP contribution in [0.4, 0.5) is 0 Å². The van der Waals surface area contributed by atoms with Gasteiger partial charge in [0.15, 0.2) is 5.78 Å². The van der Waals surface area contributed by atoms with Crippen molar-refractivity contribution < 1.29 is 9.00 Å². The Bertz CT molecular complexity index is 674. The van der Waals surface area contributed by atoms with Gasteiger partial charge in [0.25, 0.3) is 0 Å². The minimum Gasteiger partial charge on any atom is -0.289 e. The second-order valence-electron chi connectivity index (χ2n) is 4.48. The molecule has 0 radical (unpaired) electrons. The lowest BCUT2D eigenvalue weighted by molar-refractivity contribution is 0.103. The van der Waals surface area contributed by atoms with Gasteiger partial charge >= 0.3 is 0 Å².